The number of para-hydroxylation sites is 1. The van der Waals surface area contributed by atoms with E-state index in [1.165, 1.54) is 33.2 Å². The van der Waals surface area contributed by atoms with Crippen molar-refractivity contribution in [1.82, 2.24) is 14.8 Å². The molecular weight excluding hydrogens is 346 g/mol. The average Bonchev–Trinajstić information content (AvgIpc) is 3.23. The zero-order valence-electron chi connectivity index (χ0n) is 17.1. The van der Waals surface area contributed by atoms with E-state index in [-0.39, 0.29) is 5.91 Å². The van der Waals surface area contributed by atoms with Crippen LogP contribution in [0.5, 0.6) is 0 Å². The summed E-state index contributed by atoms with van der Waals surface area (Å²) in [6.45, 7) is 7.80. The van der Waals surface area contributed by atoms with Crippen molar-refractivity contribution in [3.8, 4) is 0 Å². The highest BCUT2D eigenvalue weighted by atomic mass is 16.2. The number of benzene rings is 2. The molecule has 3 aromatic rings. The highest BCUT2D eigenvalue weighted by Crippen LogP contribution is 2.26. The molecular formula is C24H29N3O. The van der Waals surface area contributed by atoms with Gasteiger partial charge in [0.25, 0.3) is 5.91 Å². The molecule has 0 saturated carbocycles. The summed E-state index contributed by atoms with van der Waals surface area (Å²) < 4.78 is 0. The third-order valence-corrected chi connectivity index (χ3v) is 6.00. The molecule has 1 amide bonds. The summed E-state index contributed by atoms with van der Waals surface area (Å²) in [5.41, 5.74) is 7.13. The minimum atomic E-state index is 0.194. The Labute approximate surface area is 167 Å². The van der Waals surface area contributed by atoms with Crippen LogP contribution in [0.25, 0.3) is 10.9 Å². The molecule has 0 unspecified atom stereocenters. The number of carbonyl (C=O) groups is 1. The van der Waals surface area contributed by atoms with Crippen LogP contribution >= 0.6 is 0 Å². The van der Waals surface area contributed by atoms with E-state index in [9.17, 15) is 4.79 Å². The Morgan fingerprint density at radius 2 is 1.89 bits per heavy atom. The van der Waals surface area contributed by atoms with Gasteiger partial charge in [0.2, 0.25) is 0 Å². The fourth-order valence-electron chi connectivity index (χ4n) is 4.13. The van der Waals surface area contributed by atoms with Gasteiger partial charge in [0, 0.05) is 42.3 Å². The smallest absolute Gasteiger partial charge is 0.254 e. The van der Waals surface area contributed by atoms with Crippen molar-refractivity contribution in [2.75, 3.05) is 26.7 Å². The third-order valence-electron chi connectivity index (χ3n) is 6.00. The summed E-state index contributed by atoms with van der Waals surface area (Å²) >= 11 is 0. The molecule has 1 aliphatic rings. The molecule has 1 N–H and O–H groups in total. The topological polar surface area (TPSA) is 39.3 Å². The van der Waals surface area contributed by atoms with E-state index < -0.39 is 0 Å². The van der Waals surface area contributed by atoms with Gasteiger partial charge in [-0.05, 0) is 74.7 Å². The van der Waals surface area contributed by atoms with Crippen LogP contribution < -0.4 is 0 Å². The summed E-state index contributed by atoms with van der Waals surface area (Å²) in [4.78, 5) is 20.4. The van der Waals surface area contributed by atoms with Crippen LogP contribution in [0.1, 0.15) is 39.0 Å². The van der Waals surface area contributed by atoms with E-state index in [2.05, 4.69) is 73.4 Å². The Balaban J connectivity index is 1.26. The first-order valence-electron chi connectivity index (χ1n) is 10.2. The molecule has 28 heavy (non-hydrogen) atoms. The van der Waals surface area contributed by atoms with Crippen molar-refractivity contribution in [2.24, 2.45) is 0 Å². The van der Waals surface area contributed by atoms with Crippen LogP contribution in [-0.4, -0.2) is 47.4 Å². The normalized spacial score (nSPS) is 13.7. The monoisotopic (exact) mass is 375 g/mol. The van der Waals surface area contributed by atoms with Crippen molar-refractivity contribution < 1.29 is 4.79 Å². The molecule has 1 aliphatic heterocycles. The largest absolute Gasteiger partial charge is 0.361 e. The SMILES string of the molecule is Cc1cc2c(cc1C)C(=O)N(CCCN(C)CCc1c[nH]c3ccccc13)C2. The molecule has 2 heterocycles. The van der Waals surface area contributed by atoms with Gasteiger partial charge in [0.15, 0.2) is 0 Å². The number of amides is 1. The number of hydrogen-bond acceptors (Lipinski definition) is 2. The third kappa shape index (κ3) is 3.69. The van der Waals surface area contributed by atoms with Crippen LogP contribution in [0.3, 0.4) is 0 Å². The zero-order valence-corrected chi connectivity index (χ0v) is 17.1. The lowest BCUT2D eigenvalue weighted by atomic mass is 10.0. The Hall–Kier alpha value is -2.59. The highest BCUT2D eigenvalue weighted by molar-refractivity contribution is 5.98. The van der Waals surface area contributed by atoms with Crippen LogP contribution in [0.15, 0.2) is 42.6 Å². The quantitative estimate of drug-likeness (QED) is 0.668. The maximum atomic E-state index is 12.7. The molecule has 0 aliphatic carbocycles. The van der Waals surface area contributed by atoms with E-state index in [0.29, 0.717) is 0 Å². The summed E-state index contributed by atoms with van der Waals surface area (Å²) in [7, 11) is 2.17. The molecule has 4 rings (SSSR count). The Morgan fingerprint density at radius 3 is 2.75 bits per heavy atom. The molecule has 1 aromatic heterocycles. The van der Waals surface area contributed by atoms with Gasteiger partial charge >= 0.3 is 0 Å². The summed E-state index contributed by atoms with van der Waals surface area (Å²) in [6.07, 6.45) is 4.16. The average molecular weight is 376 g/mol. The van der Waals surface area contributed by atoms with Crippen LogP contribution in [0.4, 0.5) is 0 Å². The number of aryl methyl sites for hydroxylation is 2. The van der Waals surface area contributed by atoms with Crippen molar-refractivity contribution in [3.05, 3.63) is 70.4 Å². The minimum absolute atomic E-state index is 0.194. The molecule has 0 spiro atoms. The van der Waals surface area contributed by atoms with Crippen LogP contribution in [0.2, 0.25) is 0 Å². The van der Waals surface area contributed by atoms with Crippen molar-refractivity contribution in [1.29, 1.82) is 0 Å². The van der Waals surface area contributed by atoms with Crippen LogP contribution in [0, 0.1) is 13.8 Å². The van der Waals surface area contributed by atoms with Gasteiger partial charge in [-0.2, -0.15) is 0 Å². The number of aromatic nitrogens is 1. The van der Waals surface area contributed by atoms with E-state index in [1.54, 1.807) is 0 Å². The first-order valence-corrected chi connectivity index (χ1v) is 10.2. The Bertz CT molecular complexity index is 1000. The lowest BCUT2D eigenvalue weighted by molar-refractivity contribution is 0.0772. The van der Waals surface area contributed by atoms with Gasteiger partial charge in [-0.15, -0.1) is 0 Å². The van der Waals surface area contributed by atoms with Crippen molar-refractivity contribution in [3.63, 3.8) is 0 Å². The molecule has 4 heteroatoms. The molecule has 146 valence electrons. The van der Waals surface area contributed by atoms with Gasteiger partial charge in [0.05, 0.1) is 0 Å². The standard InChI is InChI=1S/C24H29N3O/c1-17-13-20-16-27(24(28)22(20)14-18(17)2)11-6-10-26(3)12-9-19-15-25-23-8-5-4-7-21(19)23/h4-5,7-8,13-15,25H,6,9-12,16H2,1-3H3. The van der Waals surface area contributed by atoms with Gasteiger partial charge in [-0.3, -0.25) is 4.79 Å². The highest BCUT2D eigenvalue weighted by Gasteiger charge is 2.27. The summed E-state index contributed by atoms with van der Waals surface area (Å²) in [5, 5.41) is 1.32. The predicted molar refractivity (Wildman–Crippen MR) is 115 cm³/mol. The second kappa shape index (κ2) is 7.80. The molecule has 0 fully saturated rings. The second-order valence-electron chi connectivity index (χ2n) is 8.09. The van der Waals surface area contributed by atoms with Gasteiger partial charge in [0.1, 0.15) is 0 Å². The molecule has 0 bridgehead atoms. The van der Waals surface area contributed by atoms with E-state index in [4.69, 9.17) is 0 Å². The summed E-state index contributed by atoms with van der Waals surface area (Å²) in [6, 6.07) is 12.7. The lowest BCUT2D eigenvalue weighted by Gasteiger charge is -2.20. The van der Waals surface area contributed by atoms with Crippen LogP contribution in [-0.2, 0) is 13.0 Å². The zero-order chi connectivity index (χ0) is 19.7. The number of H-pyrrole nitrogens is 1. The number of carbonyl (C=O) groups excluding carboxylic acids is 1. The van der Waals surface area contributed by atoms with Crippen molar-refractivity contribution in [2.45, 2.75) is 33.2 Å². The first kappa shape index (κ1) is 18.8. The number of fused-ring (bicyclic) bond motifs is 2. The molecule has 0 radical (unpaired) electrons. The van der Waals surface area contributed by atoms with Gasteiger partial charge in [-0.25, -0.2) is 0 Å². The number of hydrogen-bond donors (Lipinski definition) is 1. The van der Waals surface area contributed by atoms with E-state index in [0.717, 1.165) is 44.6 Å². The number of likely N-dealkylation sites (N-methyl/N-ethyl adjacent to an activating group) is 1. The summed E-state index contributed by atoms with van der Waals surface area (Å²) in [5.74, 6) is 0.194. The van der Waals surface area contributed by atoms with E-state index in [1.807, 2.05) is 4.90 Å². The van der Waals surface area contributed by atoms with Gasteiger partial charge < -0.3 is 14.8 Å². The van der Waals surface area contributed by atoms with E-state index >= 15 is 0 Å². The van der Waals surface area contributed by atoms with Gasteiger partial charge in [-0.1, -0.05) is 24.3 Å². The van der Waals surface area contributed by atoms with Crippen molar-refractivity contribution >= 4 is 16.8 Å². The maximum absolute atomic E-state index is 12.7. The molecule has 2 aromatic carbocycles. The molecule has 0 atom stereocenters. The fourth-order valence-corrected chi connectivity index (χ4v) is 4.13. The lowest BCUT2D eigenvalue weighted by Crippen LogP contribution is -2.29. The number of nitrogens with one attached hydrogen (secondary N) is 1. The first-order chi connectivity index (χ1) is 13.5. The maximum Gasteiger partial charge on any atom is 0.254 e. The second-order valence-corrected chi connectivity index (χ2v) is 8.09. The predicted octanol–water partition coefficient (Wildman–Crippen LogP) is 4.31. The fraction of sp³-hybridized carbons (Fsp3) is 0.375. The number of rotatable bonds is 7. The number of aromatic amines is 1. The molecule has 0 saturated heterocycles. The Kier molecular flexibility index (Phi) is 5.23. The Morgan fingerprint density at radius 1 is 1.11 bits per heavy atom. The molecule has 4 nitrogen and oxygen atoms in total. The number of nitrogens with zero attached hydrogens (tertiary/aromatic N) is 2. The minimum Gasteiger partial charge on any atom is -0.361 e.